The van der Waals surface area contributed by atoms with Crippen LogP contribution in [-0.4, -0.2) is 60.3 Å². The highest BCUT2D eigenvalue weighted by Crippen LogP contribution is 2.44. The molecule has 8 nitrogen and oxygen atoms in total. The van der Waals surface area contributed by atoms with E-state index in [-0.39, 0.29) is 40.9 Å². The van der Waals surface area contributed by atoms with Crippen LogP contribution < -0.4 is 9.47 Å². The number of phenolic OH excluding ortho intramolecular Hbond substituents is 1. The quantitative estimate of drug-likeness (QED) is 0.350. The van der Waals surface area contributed by atoms with Gasteiger partial charge in [-0.2, -0.15) is 0 Å². The minimum atomic E-state index is -0.922. The van der Waals surface area contributed by atoms with E-state index in [1.807, 2.05) is 26.8 Å². The summed E-state index contributed by atoms with van der Waals surface area (Å²) >= 11 is 0. The molecule has 0 aromatic heterocycles. The summed E-state index contributed by atoms with van der Waals surface area (Å²) in [7, 11) is 2.92. The summed E-state index contributed by atoms with van der Waals surface area (Å²) in [6, 6.07) is 9.20. The highest BCUT2D eigenvalue weighted by molar-refractivity contribution is 6.46. The number of rotatable bonds is 6. The van der Waals surface area contributed by atoms with E-state index in [4.69, 9.17) is 14.2 Å². The molecule has 0 radical (unpaired) electrons. The number of ketones is 1. The Morgan fingerprint density at radius 1 is 1.08 bits per heavy atom. The van der Waals surface area contributed by atoms with Crippen molar-refractivity contribution >= 4 is 17.4 Å². The van der Waals surface area contributed by atoms with Gasteiger partial charge in [0.2, 0.25) is 0 Å². The zero-order chi connectivity index (χ0) is 26.2. The van der Waals surface area contributed by atoms with Crippen LogP contribution in [0.1, 0.15) is 56.3 Å². The molecule has 2 saturated heterocycles. The summed E-state index contributed by atoms with van der Waals surface area (Å²) in [5, 5.41) is 22.0. The fourth-order valence-corrected chi connectivity index (χ4v) is 4.80. The van der Waals surface area contributed by atoms with Crippen LogP contribution in [0.3, 0.4) is 0 Å². The number of nitrogens with zero attached hydrogens (tertiary/aromatic N) is 1. The average Bonchev–Trinajstić information content (AvgIpc) is 3.45. The number of aliphatic hydroxyl groups is 1. The molecule has 2 N–H and O–H groups in total. The molecule has 2 aromatic rings. The lowest BCUT2D eigenvalue weighted by Gasteiger charge is -2.28. The van der Waals surface area contributed by atoms with E-state index in [2.05, 4.69) is 0 Å². The third-order valence-electron chi connectivity index (χ3n) is 6.80. The van der Waals surface area contributed by atoms with E-state index in [1.165, 1.54) is 25.2 Å². The lowest BCUT2D eigenvalue weighted by Crippen LogP contribution is -2.36. The number of benzene rings is 2. The Morgan fingerprint density at radius 2 is 1.78 bits per heavy atom. The Kier molecular flexibility index (Phi) is 7.00. The molecular formula is C28H33NO7. The summed E-state index contributed by atoms with van der Waals surface area (Å²) in [5.41, 5.74) is 1.43. The molecule has 192 valence electrons. The van der Waals surface area contributed by atoms with Gasteiger partial charge < -0.3 is 29.3 Å². The number of aromatic hydroxyl groups is 1. The molecule has 2 fully saturated rings. The molecule has 0 spiro atoms. The number of carbonyl (C=O) groups excluding carboxylic acids is 2. The Labute approximate surface area is 211 Å². The molecule has 2 aliphatic rings. The van der Waals surface area contributed by atoms with Crippen molar-refractivity contribution in [2.45, 2.75) is 51.2 Å². The molecule has 0 aliphatic carbocycles. The summed E-state index contributed by atoms with van der Waals surface area (Å²) in [4.78, 5) is 28.1. The SMILES string of the molecule is COc1ccc(C2/C(=C(\O)c3cc(C(C)(C)C)ccc3OC)C(=O)C(=O)N2CC2CCCO2)cc1O. The van der Waals surface area contributed by atoms with E-state index in [1.54, 1.807) is 24.3 Å². The van der Waals surface area contributed by atoms with Crippen molar-refractivity contribution in [2.75, 3.05) is 27.4 Å². The monoisotopic (exact) mass is 495 g/mol. The molecule has 0 bridgehead atoms. The first-order chi connectivity index (χ1) is 17.1. The summed E-state index contributed by atoms with van der Waals surface area (Å²) in [5.74, 6) is -1.35. The van der Waals surface area contributed by atoms with Gasteiger partial charge in [-0.15, -0.1) is 0 Å². The van der Waals surface area contributed by atoms with Crippen LogP contribution >= 0.6 is 0 Å². The van der Waals surface area contributed by atoms with Crippen molar-refractivity contribution in [3.63, 3.8) is 0 Å². The van der Waals surface area contributed by atoms with E-state index >= 15 is 0 Å². The van der Waals surface area contributed by atoms with Gasteiger partial charge in [0.1, 0.15) is 11.5 Å². The van der Waals surface area contributed by atoms with Crippen molar-refractivity contribution in [3.8, 4) is 17.2 Å². The highest BCUT2D eigenvalue weighted by atomic mass is 16.5. The first-order valence-corrected chi connectivity index (χ1v) is 12.0. The first-order valence-electron chi connectivity index (χ1n) is 12.0. The minimum absolute atomic E-state index is 0.0630. The lowest BCUT2D eigenvalue weighted by atomic mass is 9.85. The van der Waals surface area contributed by atoms with Crippen LogP contribution in [0.15, 0.2) is 42.0 Å². The van der Waals surface area contributed by atoms with Gasteiger partial charge in [0.15, 0.2) is 11.5 Å². The summed E-state index contributed by atoms with van der Waals surface area (Å²) < 4.78 is 16.4. The summed E-state index contributed by atoms with van der Waals surface area (Å²) in [6.07, 6.45) is 1.43. The van der Waals surface area contributed by atoms with Crippen molar-refractivity contribution < 1.29 is 34.0 Å². The maximum absolute atomic E-state index is 13.4. The largest absolute Gasteiger partial charge is 0.507 e. The van der Waals surface area contributed by atoms with E-state index in [0.29, 0.717) is 23.5 Å². The summed E-state index contributed by atoms with van der Waals surface area (Å²) in [6.45, 7) is 6.91. The Balaban J connectivity index is 1.91. The average molecular weight is 496 g/mol. The van der Waals surface area contributed by atoms with Gasteiger partial charge in [0.05, 0.1) is 37.5 Å². The van der Waals surface area contributed by atoms with E-state index < -0.39 is 17.7 Å². The predicted octanol–water partition coefficient (Wildman–Crippen LogP) is 4.31. The predicted molar refractivity (Wildman–Crippen MR) is 134 cm³/mol. The molecule has 0 saturated carbocycles. The first kappa shape index (κ1) is 25.6. The van der Waals surface area contributed by atoms with Crippen LogP contribution in [0, 0.1) is 0 Å². The Hall–Kier alpha value is -3.52. The van der Waals surface area contributed by atoms with Gasteiger partial charge in [-0.1, -0.05) is 32.9 Å². The molecule has 2 aromatic carbocycles. The van der Waals surface area contributed by atoms with Crippen LogP contribution in [-0.2, 0) is 19.7 Å². The lowest BCUT2D eigenvalue weighted by molar-refractivity contribution is -0.140. The Morgan fingerprint density at radius 3 is 2.36 bits per heavy atom. The normalized spacial score (nSPS) is 21.8. The second kappa shape index (κ2) is 9.85. The van der Waals surface area contributed by atoms with Gasteiger partial charge in [-0.05, 0) is 53.6 Å². The second-order valence-corrected chi connectivity index (χ2v) is 10.2. The van der Waals surface area contributed by atoms with Gasteiger partial charge in [-0.3, -0.25) is 9.59 Å². The number of phenols is 1. The molecule has 2 aliphatic heterocycles. The number of carbonyl (C=O) groups is 2. The van der Waals surface area contributed by atoms with Gasteiger partial charge in [0, 0.05) is 13.2 Å². The number of ether oxygens (including phenoxy) is 3. The molecule has 1 amide bonds. The third kappa shape index (κ3) is 4.65. The van der Waals surface area contributed by atoms with Crippen molar-refractivity contribution in [2.24, 2.45) is 0 Å². The van der Waals surface area contributed by atoms with Gasteiger partial charge >= 0.3 is 0 Å². The zero-order valence-corrected chi connectivity index (χ0v) is 21.3. The number of amides is 1. The number of methoxy groups -OCH3 is 2. The van der Waals surface area contributed by atoms with Crippen molar-refractivity contribution in [1.29, 1.82) is 0 Å². The fraction of sp³-hybridized carbons (Fsp3) is 0.429. The maximum Gasteiger partial charge on any atom is 0.295 e. The van der Waals surface area contributed by atoms with Crippen molar-refractivity contribution in [1.82, 2.24) is 4.90 Å². The molecular weight excluding hydrogens is 462 g/mol. The van der Waals surface area contributed by atoms with Crippen LogP contribution in [0.4, 0.5) is 0 Å². The van der Waals surface area contributed by atoms with Gasteiger partial charge in [0.25, 0.3) is 11.7 Å². The topological polar surface area (TPSA) is 106 Å². The van der Waals surface area contributed by atoms with Crippen LogP contribution in [0.5, 0.6) is 17.2 Å². The molecule has 36 heavy (non-hydrogen) atoms. The zero-order valence-electron chi connectivity index (χ0n) is 21.3. The second-order valence-electron chi connectivity index (χ2n) is 10.2. The number of Topliss-reactive ketones (excluding diaryl/α,β-unsaturated/α-hetero) is 1. The standard InChI is InChI=1S/C28H33NO7/c1-28(2,3)17-9-11-21(34-4)19(14-17)25(31)23-24(16-8-10-22(35-5)20(30)13-16)29(27(33)26(23)32)15-18-7-6-12-36-18/h8-11,13-14,18,24,30-31H,6-7,12,15H2,1-5H3/b25-23+. The molecule has 2 unspecified atom stereocenters. The van der Waals surface area contributed by atoms with Crippen LogP contribution in [0.2, 0.25) is 0 Å². The van der Waals surface area contributed by atoms with Crippen LogP contribution in [0.25, 0.3) is 5.76 Å². The van der Waals surface area contributed by atoms with E-state index in [0.717, 1.165) is 18.4 Å². The number of hydrogen-bond donors (Lipinski definition) is 2. The van der Waals surface area contributed by atoms with Crippen molar-refractivity contribution in [3.05, 3.63) is 58.7 Å². The number of aliphatic hydroxyl groups excluding tert-OH is 1. The third-order valence-corrected chi connectivity index (χ3v) is 6.80. The minimum Gasteiger partial charge on any atom is -0.507 e. The Bertz CT molecular complexity index is 1200. The molecule has 2 heterocycles. The highest BCUT2D eigenvalue weighted by Gasteiger charge is 2.47. The smallest absolute Gasteiger partial charge is 0.295 e. The molecule has 2 atom stereocenters. The maximum atomic E-state index is 13.4. The number of likely N-dealkylation sites (tertiary alicyclic amines) is 1. The molecule has 4 rings (SSSR count). The molecule has 8 heteroatoms. The fourth-order valence-electron chi connectivity index (χ4n) is 4.80. The van der Waals surface area contributed by atoms with Gasteiger partial charge in [-0.25, -0.2) is 0 Å². The number of hydrogen-bond acceptors (Lipinski definition) is 7. The van der Waals surface area contributed by atoms with E-state index in [9.17, 15) is 19.8 Å².